The fourth-order valence-corrected chi connectivity index (χ4v) is 3.04. The van der Waals surface area contributed by atoms with Gasteiger partial charge in [-0.2, -0.15) is 5.26 Å². The van der Waals surface area contributed by atoms with Crippen molar-refractivity contribution in [3.63, 3.8) is 0 Å². The zero-order valence-electron chi connectivity index (χ0n) is 9.57. The topological polar surface area (TPSA) is 105 Å². The Morgan fingerprint density at radius 2 is 2.37 bits per heavy atom. The average Bonchev–Trinajstić information content (AvgIpc) is 2.32. The Morgan fingerprint density at radius 1 is 1.74 bits per heavy atom. The molecule has 100 valence electrons. The van der Waals surface area contributed by atoms with Crippen LogP contribution in [0.1, 0.15) is 6.42 Å². The number of ether oxygens (including phenoxy) is 1. The second-order valence-electron chi connectivity index (χ2n) is 3.24. The van der Waals surface area contributed by atoms with Gasteiger partial charge in [0, 0.05) is 3.57 Å². The number of carbonyl (C=O) groups excluding carboxylic acids is 1. The number of nitrogens with zero attached hydrogens (tertiary/aromatic N) is 2. The van der Waals surface area contributed by atoms with Gasteiger partial charge >= 0.3 is 5.69 Å². The van der Waals surface area contributed by atoms with Crippen LogP contribution in [0.25, 0.3) is 0 Å². The zero-order valence-corrected chi connectivity index (χ0v) is 13.3. The van der Waals surface area contributed by atoms with Gasteiger partial charge in [-0.25, -0.2) is 0 Å². The molecule has 0 atom stereocenters. The number of anilines is 1. The first-order chi connectivity index (χ1) is 8.92. The summed E-state index contributed by atoms with van der Waals surface area (Å²) in [5.41, 5.74) is -0.335. The number of hydrogen-bond donors (Lipinski definition) is 1. The number of nitro benzene ring substituents is 1. The van der Waals surface area contributed by atoms with E-state index in [-0.39, 0.29) is 23.5 Å². The predicted octanol–water partition coefficient (Wildman–Crippen LogP) is 2.82. The van der Waals surface area contributed by atoms with Gasteiger partial charge in [-0.1, -0.05) is 0 Å². The van der Waals surface area contributed by atoms with E-state index in [9.17, 15) is 14.9 Å². The molecule has 7 nitrogen and oxygen atoms in total. The van der Waals surface area contributed by atoms with Crippen molar-refractivity contribution in [2.75, 3.05) is 12.4 Å². The Kier molecular flexibility index (Phi) is 5.49. The molecule has 0 fully saturated rings. The molecule has 1 aromatic rings. The maximum absolute atomic E-state index is 11.4. The maximum Gasteiger partial charge on any atom is 0.336 e. The number of nitrogens with one attached hydrogen (secondary N) is 1. The molecule has 0 aliphatic rings. The van der Waals surface area contributed by atoms with Crippen LogP contribution in [0.4, 0.5) is 11.4 Å². The summed E-state index contributed by atoms with van der Waals surface area (Å²) in [7, 11) is 1.29. The number of hydrogen-bond acceptors (Lipinski definition) is 5. The lowest BCUT2D eigenvalue weighted by molar-refractivity contribution is -0.384. The largest absolute Gasteiger partial charge is 0.489 e. The van der Waals surface area contributed by atoms with Crippen molar-refractivity contribution in [3.8, 4) is 11.8 Å². The first kappa shape index (κ1) is 15.6. The molecule has 0 saturated carbocycles. The Bertz CT molecular complexity index is 585. The number of halogens is 2. The van der Waals surface area contributed by atoms with E-state index < -0.39 is 10.8 Å². The summed E-state index contributed by atoms with van der Waals surface area (Å²) in [5, 5.41) is 21.9. The molecule has 1 amide bonds. The van der Waals surface area contributed by atoms with Gasteiger partial charge in [0.25, 0.3) is 0 Å². The van der Waals surface area contributed by atoms with Gasteiger partial charge in [-0.3, -0.25) is 14.9 Å². The Hall–Kier alpha value is -1.41. The van der Waals surface area contributed by atoms with E-state index in [4.69, 9.17) is 10.00 Å². The number of amides is 1. The van der Waals surface area contributed by atoms with Gasteiger partial charge in [0.1, 0.15) is 12.1 Å². The highest BCUT2D eigenvalue weighted by Crippen LogP contribution is 2.43. The summed E-state index contributed by atoms with van der Waals surface area (Å²) < 4.78 is 5.83. The van der Waals surface area contributed by atoms with E-state index in [1.165, 1.54) is 7.11 Å². The Morgan fingerprint density at radius 3 is 2.84 bits per heavy atom. The minimum absolute atomic E-state index is 0.0117. The van der Waals surface area contributed by atoms with Crippen LogP contribution in [0, 0.1) is 25.0 Å². The summed E-state index contributed by atoms with van der Waals surface area (Å²) in [6, 6.07) is 3.25. The van der Waals surface area contributed by atoms with Crippen LogP contribution in [-0.4, -0.2) is 17.9 Å². The van der Waals surface area contributed by atoms with Crippen molar-refractivity contribution in [2.24, 2.45) is 0 Å². The quantitative estimate of drug-likeness (QED) is 0.441. The monoisotopic (exact) mass is 439 g/mol. The maximum atomic E-state index is 11.4. The first-order valence-corrected chi connectivity index (χ1v) is 6.66. The highest BCUT2D eigenvalue weighted by molar-refractivity contribution is 14.1. The molecule has 9 heteroatoms. The summed E-state index contributed by atoms with van der Waals surface area (Å²) in [5.74, 6) is -0.606. The van der Waals surface area contributed by atoms with Gasteiger partial charge in [0.15, 0.2) is 0 Å². The number of nitriles is 1. The summed E-state index contributed by atoms with van der Waals surface area (Å²) in [4.78, 5) is 21.9. The standard InChI is InChI=1S/C10H7BrIN3O4/c1-19-10-5(11)4-6(12)8(9(10)15(17)18)14-7(16)2-3-13/h4H,2H2,1H3,(H,14,16). The van der Waals surface area contributed by atoms with Crippen molar-refractivity contribution < 1.29 is 14.5 Å². The normalized spacial score (nSPS) is 9.58. The number of carbonyl (C=O) groups is 1. The zero-order chi connectivity index (χ0) is 14.6. The van der Waals surface area contributed by atoms with Crippen LogP contribution in [0.15, 0.2) is 10.5 Å². The number of methoxy groups -OCH3 is 1. The van der Waals surface area contributed by atoms with E-state index in [1.807, 2.05) is 22.6 Å². The van der Waals surface area contributed by atoms with Crippen molar-refractivity contribution >= 4 is 55.8 Å². The average molecular weight is 440 g/mol. The summed E-state index contributed by atoms with van der Waals surface area (Å²) in [6.07, 6.45) is -0.383. The second-order valence-corrected chi connectivity index (χ2v) is 5.25. The van der Waals surface area contributed by atoms with Gasteiger partial charge in [0.2, 0.25) is 11.7 Å². The number of benzene rings is 1. The minimum Gasteiger partial charge on any atom is -0.489 e. The molecule has 1 rings (SSSR count). The molecule has 19 heavy (non-hydrogen) atoms. The van der Waals surface area contributed by atoms with E-state index in [2.05, 4.69) is 21.2 Å². The van der Waals surface area contributed by atoms with Crippen LogP contribution < -0.4 is 10.1 Å². The minimum atomic E-state index is -0.645. The molecule has 0 spiro atoms. The third-order valence-corrected chi connectivity index (χ3v) is 3.49. The third kappa shape index (κ3) is 3.54. The molecular formula is C10H7BrIN3O4. The second kappa shape index (κ2) is 6.67. The van der Waals surface area contributed by atoms with Gasteiger partial charge < -0.3 is 10.1 Å². The van der Waals surface area contributed by atoms with Crippen molar-refractivity contribution in [1.29, 1.82) is 5.26 Å². The first-order valence-electron chi connectivity index (χ1n) is 4.79. The fraction of sp³-hybridized carbons (Fsp3) is 0.200. The van der Waals surface area contributed by atoms with Crippen LogP contribution >= 0.6 is 38.5 Å². The van der Waals surface area contributed by atoms with Crippen LogP contribution in [0.2, 0.25) is 0 Å². The molecule has 0 aromatic heterocycles. The molecule has 0 unspecified atom stereocenters. The molecule has 0 aliphatic heterocycles. The molecule has 0 bridgehead atoms. The predicted molar refractivity (Wildman–Crippen MR) is 78.9 cm³/mol. The van der Waals surface area contributed by atoms with E-state index in [0.717, 1.165) is 0 Å². The number of nitro groups is 1. The van der Waals surface area contributed by atoms with Crippen molar-refractivity contribution in [1.82, 2.24) is 0 Å². The lowest BCUT2D eigenvalue weighted by Gasteiger charge is -2.11. The molecule has 1 N–H and O–H groups in total. The molecule has 0 aliphatic carbocycles. The Labute approximate surface area is 130 Å². The van der Waals surface area contributed by atoms with Crippen LogP contribution in [-0.2, 0) is 4.79 Å². The highest BCUT2D eigenvalue weighted by Gasteiger charge is 2.27. The van der Waals surface area contributed by atoms with Gasteiger partial charge in [0.05, 0.1) is 22.6 Å². The summed E-state index contributed by atoms with van der Waals surface area (Å²) in [6.45, 7) is 0. The van der Waals surface area contributed by atoms with Gasteiger partial charge in [-0.15, -0.1) is 0 Å². The molecule has 0 heterocycles. The highest BCUT2D eigenvalue weighted by atomic mass is 127. The van der Waals surface area contributed by atoms with Crippen molar-refractivity contribution in [2.45, 2.75) is 6.42 Å². The third-order valence-electron chi connectivity index (χ3n) is 2.05. The molecular weight excluding hydrogens is 433 g/mol. The lowest BCUT2D eigenvalue weighted by Crippen LogP contribution is -2.13. The summed E-state index contributed by atoms with van der Waals surface area (Å²) >= 11 is 5.01. The van der Waals surface area contributed by atoms with Crippen LogP contribution in [0.3, 0.4) is 0 Å². The SMILES string of the molecule is COc1c(Br)cc(I)c(NC(=O)CC#N)c1[N+](=O)[O-]. The van der Waals surface area contributed by atoms with E-state index in [0.29, 0.717) is 8.04 Å². The Balaban J connectivity index is 3.41. The van der Waals surface area contributed by atoms with Crippen LogP contribution in [0.5, 0.6) is 5.75 Å². The van der Waals surface area contributed by atoms with Crippen molar-refractivity contribution in [3.05, 3.63) is 24.2 Å². The van der Waals surface area contributed by atoms with E-state index >= 15 is 0 Å². The lowest BCUT2D eigenvalue weighted by atomic mass is 10.2. The van der Waals surface area contributed by atoms with Gasteiger partial charge in [-0.05, 0) is 44.6 Å². The smallest absolute Gasteiger partial charge is 0.336 e. The molecule has 1 aromatic carbocycles. The number of rotatable bonds is 4. The van der Waals surface area contributed by atoms with E-state index in [1.54, 1.807) is 12.1 Å². The molecule has 0 saturated heterocycles. The fourth-order valence-electron chi connectivity index (χ4n) is 1.33. The molecule has 0 radical (unpaired) electrons.